The third-order valence-corrected chi connectivity index (χ3v) is 4.49. The van der Waals surface area contributed by atoms with Gasteiger partial charge in [0.25, 0.3) is 0 Å². The van der Waals surface area contributed by atoms with Crippen molar-refractivity contribution in [3.05, 3.63) is 49.9 Å². The van der Waals surface area contributed by atoms with Crippen molar-refractivity contribution in [2.75, 3.05) is 5.73 Å². The van der Waals surface area contributed by atoms with Crippen LogP contribution < -0.4 is 5.73 Å². The molecule has 2 aromatic carbocycles. The first-order chi connectivity index (χ1) is 9.95. The van der Waals surface area contributed by atoms with E-state index < -0.39 is 0 Å². The highest BCUT2D eigenvalue weighted by Crippen LogP contribution is 2.32. The van der Waals surface area contributed by atoms with Gasteiger partial charge in [0, 0.05) is 24.9 Å². The molecule has 2 N–H and O–H groups in total. The van der Waals surface area contributed by atoms with E-state index in [4.69, 9.17) is 17.3 Å². The van der Waals surface area contributed by atoms with Crippen LogP contribution in [0.4, 0.5) is 5.82 Å². The van der Waals surface area contributed by atoms with Crippen LogP contribution in [0.3, 0.4) is 0 Å². The monoisotopic (exact) mass is 425 g/mol. The molecule has 6 heteroatoms. The number of aryl methyl sites for hydroxylation is 1. The molecule has 0 unspecified atom stereocenters. The summed E-state index contributed by atoms with van der Waals surface area (Å²) in [5.74, 6) is 1.01. The molecular formula is C15H10Br2ClN3. The van der Waals surface area contributed by atoms with E-state index >= 15 is 0 Å². The summed E-state index contributed by atoms with van der Waals surface area (Å²) in [5.41, 5.74) is 8.80. The number of fused-ring (bicyclic) bond motifs is 1. The third kappa shape index (κ3) is 2.78. The van der Waals surface area contributed by atoms with Crippen molar-refractivity contribution in [3.8, 4) is 11.4 Å². The first kappa shape index (κ1) is 14.8. The topological polar surface area (TPSA) is 51.8 Å². The standard InChI is InChI=1S/C15H10Br2ClN3/c1-7-2-3-9(18)6-10(7)15-20-13-11(14(19)21-15)4-8(16)5-12(13)17/h2-6H,1H3,(H2,19,20,21). The van der Waals surface area contributed by atoms with Crippen LogP contribution in [-0.2, 0) is 0 Å². The molecule has 0 saturated carbocycles. The van der Waals surface area contributed by atoms with Gasteiger partial charge in [0.2, 0.25) is 0 Å². The Morgan fingerprint density at radius 1 is 1.10 bits per heavy atom. The molecule has 0 aliphatic rings. The van der Waals surface area contributed by atoms with E-state index in [9.17, 15) is 0 Å². The van der Waals surface area contributed by atoms with E-state index in [-0.39, 0.29) is 0 Å². The number of benzene rings is 2. The maximum atomic E-state index is 6.09. The van der Waals surface area contributed by atoms with E-state index in [0.29, 0.717) is 16.7 Å². The zero-order valence-corrected chi connectivity index (χ0v) is 14.9. The Morgan fingerprint density at radius 2 is 1.86 bits per heavy atom. The van der Waals surface area contributed by atoms with Gasteiger partial charge in [-0.2, -0.15) is 0 Å². The Bertz CT molecular complexity index is 865. The van der Waals surface area contributed by atoms with Crippen molar-refractivity contribution in [1.82, 2.24) is 9.97 Å². The Labute approximate surface area is 143 Å². The zero-order valence-electron chi connectivity index (χ0n) is 11.0. The predicted octanol–water partition coefficient (Wildman–Crippen LogP) is 5.37. The van der Waals surface area contributed by atoms with Crippen LogP contribution in [0, 0.1) is 6.92 Å². The van der Waals surface area contributed by atoms with Crippen molar-refractivity contribution in [1.29, 1.82) is 0 Å². The summed E-state index contributed by atoms with van der Waals surface area (Å²) in [5, 5.41) is 1.45. The van der Waals surface area contributed by atoms with E-state index in [1.54, 1.807) is 0 Å². The molecule has 0 atom stereocenters. The van der Waals surface area contributed by atoms with Crippen molar-refractivity contribution >= 4 is 60.2 Å². The number of aromatic nitrogens is 2. The molecule has 3 nitrogen and oxygen atoms in total. The van der Waals surface area contributed by atoms with Crippen LogP contribution in [0.5, 0.6) is 0 Å². The number of rotatable bonds is 1. The summed E-state index contributed by atoms with van der Waals surface area (Å²) in [6.45, 7) is 1.99. The second-order valence-electron chi connectivity index (χ2n) is 4.68. The quantitative estimate of drug-likeness (QED) is 0.568. The van der Waals surface area contributed by atoms with Gasteiger partial charge in [-0.25, -0.2) is 9.97 Å². The molecule has 0 spiro atoms. The summed E-state index contributed by atoms with van der Waals surface area (Å²) in [7, 11) is 0. The predicted molar refractivity (Wildman–Crippen MR) is 94.5 cm³/mol. The number of nitrogens with zero attached hydrogens (tertiary/aromatic N) is 2. The largest absolute Gasteiger partial charge is 0.383 e. The number of nitrogens with two attached hydrogens (primary N) is 1. The maximum Gasteiger partial charge on any atom is 0.162 e. The van der Waals surface area contributed by atoms with Gasteiger partial charge in [0.1, 0.15) is 5.82 Å². The normalized spacial score (nSPS) is 11.0. The van der Waals surface area contributed by atoms with Crippen LogP contribution in [0.1, 0.15) is 5.56 Å². The van der Waals surface area contributed by atoms with Crippen LogP contribution >= 0.6 is 43.5 Å². The van der Waals surface area contributed by atoms with Gasteiger partial charge in [-0.05, 0) is 52.7 Å². The molecular weight excluding hydrogens is 417 g/mol. The van der Waals surface area contributed by atoms with E-state index in [2.05, 4.69) is 41.8 Å². The second kappa shape index (κ2) is 5.55. The molecule has 1 aromatic heterocycles. The zero-order chi connectivity index (χ0) is 15.1. The van der Waals surface area contributed by atoms with E-state index in [1.165, 1.54) is 0 Å². The number of anilines is 1. The van der Waals surface area contributed by atoms with Crippen LogP contribution in [0.15, 0.2) is 39.3 Å². The Balaban J connectivity index is 2.33. The number of hydrogen-bond acceptors (Lipinski definition) is 3. The highest BCUT2D eigenvalue weighted by molar-refractivity contribution is 9.11. The molecule has 3 aromatic rings. The lowest BCUT2D eigenvalue weighted by Crippen LogP contribution is -1.99. The van der Waals surface area contributed by atoms with Gasteiger partial charge in [0.05, 0.1) is 5.52 Å². The summed E-state index contributed by atoms with van der Waals surface area (Å²) in [4.78, 5) is 9.05. The molecule has 0 fully saturated rings. The highest BCUT2D eigenvalue weighted by atomic mass is 79.9. The van der Waals surface area contributed by atoms with Gasteiger partial charge in [0.15, 0.2) is 5.82 Å². The fourth-order valence-electron chi connectivity index (χ4n) is 2.14. The van der Waals surface area contributed by atoms with Gasteiger partial charge in [-0.1, -0.05) is 33.6 Å². The first-order valence-electron chi connectivity index (χ1n) is 6.14. The van der Waals surface area contributed by atoms with Crippen LogP contribution in [-0.4, -0.2) is 9.97 Å². The average Bonchev–Trinajstić information content (AvgIpc) is 2.42. The van der Waals surface area contributed by atoms with Gasteiger partial charge in [-0.3, -0.25) is 0 Å². The fraction of sp³-hybridized carbons (Fsp3) is 0.0667. The third-order valence-electron chi connectivity index (χ3n) is 3.19. The first-order valence-corrected chi connectivity index (χ1v) is 8.11. The number of hydrogen-bond donors (Lipinski definition) is 1. The molecule has 0 radical (unpaired) electrons. The fourth-order valence-corrected chi connectivity index (χ4v) is 3.62. The lowest BCUT2D eigenvalue weighted by atomic mass is 10.1. The van der Waals surface area contributed by atoms with Crippen molar-refractivity contribution < 1.29 is 0 Å². The summed E-state index contributed by atoms with van der Waals surface area (Å²) >= 11 is 13.0. The minimum atomic E-state index is 0.441. The summed E-state index contributed by atoms with van der Waals surface area (Å²) in [6, 6.07) is 9.48. The molecule has 1 heterocycles. The van der Waals surface area contributed by atoms with Crippen molar-refractivity contribution in [2.24, 2.45) is 0 Å². The summed E-state index contributed by atoms with van der Waals surface area (Å²) in [6.07, 6.45) is 0. The van der Waals surface area contributed by atoms with Crippen LogP contribution in [0.2, 0.25) is 5.02 Å². The molecule has 106 valence electrons. The number of halogens is 3. The molecule has 0 amide bonds. The Morgan fingerprint density at radius 3 is 2.62 bits per heavy atom. The minimum absolute atomic E-state index is 0.441. The van der Waals surface area contributed by atoms with Crippen LogP contribution in [0.25, 0.3) is 22.3 Å². The van der Waals surface area contributed by atoms with Gasteiger partial charge < -0.3 is 5.73 Å². The lowest BCUT2D eigenvalue weighted by Gasteiger charge is -2.10. The Hall–Kier alpha value is -1.17. The molecule has 3 rings (SSSR count). The smallest absolute Gasteiger partial charge is 0.162 e. The Kier molecular flexibility index (Phi) is 3.90. The molecule has 21 heavy (non-hydrogen) atoms. The lowest BCUT2D eigenvalue weighted by molar-refractivity contribution is 1.22. The van der Waals surface area contributed by atoms with Gasteiger partial charge >= 0.3 is 0 Å². The highest BCUT2D eigenvalue weighted by Gasteiger charge is 2.12. The second-order valence-corrected chi connectivity index (χ2v) is 6.88. The molecule has 0 saturated heterocycles. The van der Waals surface area contributed by atoms with Crippen molar-refractivity contribution in [3.63, 3.8) is 0 Å². The summed E-state index contributed by atoms with van der Waals surface area (Å²) < 4.78 is 1.78. The number of nitrogen functional groups attached to an aromatic ring is 1. The molecule has 0 aliphatic carbocycles. The average molecular weight is 428 g/mol. The molecule has 0 bridgehead atoms. The van der Waals surface area contributed by atoms with Crippen molar-refractivity contribution in [2.45, 2.75) is 6.92 Å². The van der Waals surface area contributed by atoms with E-state index in [1.807, 2.05) is 37.3 Å². The van der Waals surface area contributed by atoms with Gasteiger partial charge in [-0.15, -0.1) is 0 Å². The SMILES string of the molecule is Cc1ccc(Cl)cc1-c1nc(N)c2cc(Br)cc(Br)c2n1. The van der Waals surface area contributed by atoms with E-state index in [0.717, 1.165) is 31.0 Å². The maximum absolute atomic E-state index is 6.09. The molecule has 0 aliphatic heterocycles. The minimum Gasteiger partial charge on any atom is -0.383 e.